The second-order valence-electron chi connectivity index (χ2n) is 1.35. The minimum atomic E-state index is 0.674. The lowest BCUT2D eigenvalue weighted by molar-refractivity contribution is 0.211. The predicted octanol–water partition coefficient (Wildman–Crippen LogP) is -0.742. The van der Waals surface area contributed by atoms with Crippen LogP contribution in [0.2, 0.25) is 0 Å². The maximum Gasteiger partial charge on any atom is 0.233 e. The van der Waals surface area contributed by atoms with Crippen molar-refractivity contribution >= 4 is 5.96 Å². The maximum atomic E-state index is 4.47. The van der Waals surface area contributed by atoms with Crippen molar-refractivity contribution in [1.29, 1.82) is 0 Å². The Bertz CT molecular complexity index is 93.5. The van der Waals surface area contributed by atoms with Crippen LogP contribution in [-0.2, 0) is 4.84 Å². The van der Waals surface area contributed by atoms with Crippen LogP contribution in [0.4, 0.5) is 0 Å². The van der Waals surface area contributed by atoms with Gasteiger partial charge >= 0.3 is 0 Å². The Morgan fingerprint density at radius 2 is 2.75 bits per heavy atom. The first-order valence-electron chi connectivity index (χ1n) is 2.36. The van der Waals surface area contributed by atoms with Gasteiger partial charge in [-0.2, -0.15) is 0 Å². The molecule has 45 valence electrons. The lowest BCUT2D eigenvalue weighted by atomic mass is 10.7. The fourth-order valence-electron chi connectivity index (χ4n) is 0.496. The molecule has 0 amide bonds. The van der Waals surface area contributed by atoms with E-state index in [9.17, 15) is 0 Å². The smallest absolute Gasteiger partial charge is 0.233 e. The van der Waals surface area contributed by atoms with Gasteiger partial charge in [-0.3, -0.25) is 0 Å². The van der Waals surface area contributed by atoms with Gasteiger partial charge in [0.2, 0.25) is 5.96 Å². The van der Waals surface area contributed by atoms with E-state index >= 15 is 0 Å². The van der Waals surface area contributed by atoms with Crippen molar-refractivity contribution in [2.24, 2.45) is 5.16 Å². The van der Waals surface area contributed by atoms with Crippen molar-refractivity contribution in [3.8, 4) is 0 Å². The molecule has 1 rings (SSSR count). The summed E-state index contributed by atoms with van der Waals surface area (Å²) in [4.78, 5) is 4.47. The largest absolute Gasteiger partial charge is 0.396 e. The molecule has 1 fully saturated rings. The Morgan fingerprint density at radius 1 is 1.88 bits per heavy atom. The molecule has 0 unspecified atom stereocenters. The zero-order valence-electron chi connectivity index (χ0n) is 4.64. The van der Waals surface area contributed by atoms with Crippen LogP contribution < -0.4 is 10.6 Å². The quantitative estimate of drug-likeness (QED) is 0.441. The molecule has 8 heavy (non-hydrogen) atoms. The first kappa shape index (κ1) is 5.21. The molecule has 0 spiro atoms. The van der Waals surface area contributed by atoms with Crippen LogP contribution in [-0.4, -0.2) is 19.6 Å². The van der Waals surface area contributed by atoms with Crippen molar-refractivity contribution in [3.05, 3.63) is 6.54 Å². The van der Waals surface area contributed by atoms with Gasteiger partial charge in [0.15, 0.2) is 0 Å². The van der Waals surface area contributed by atoms with Crippen molar-refractivity contribution < 1.29 is 4.84 Å². The van der Waals surface area contributed by atoms with Crippen LogP contribution in [0.15, 0.2) is 5.16 Å². The first-order valence-corrected chi connectivity index (χ1v) is 2.36. The molecule has 0 bridgehead atoms. The normalized spacial score (nSPS) is 22.4. The zero-order chi connectivity index (χ0) is 5.82. The van der Waals surface area contributed by atoms with Crippen LogP contribution in [0.1, 0.15) is 0 Å². The van der Waals surface area contributed by atoms with Gasteiger partial charge in [-0.25, -0.2) is 0 Å². The summed E-state index contributed by atoms with van der Waals surface area (Å²) < 4.78 is 0. The molecule has 1 radical (unpaired) electrons. The number of hydrogen-bond donors (Lipinski definition) is 2. The number of hydrogen-bond acceptors (Lipinski definition) is 2. The summed E-state index contributed by atoms with van der Waals surface area (Å²) in [7, 11) is 1.51. The molecule has 4 nitrogen and oxygen atoms in total. The summed E-state index contributed by atoms with van der Waals surface area (Å²) in [5.41, 5.74) is 0. The topological polar surface area (TPSA) is 45.6 Å². The number of oxime groups is 1. The van der Waals surface area contributed by atoms with E-state index in [1.54, 1.807) is 0 Å². The molecule has 0 aromatic carbocycles. The van der Waals surface area contributed by atoms with Gasteiger partial charge in [0.1, 0.15) is 7.11 Å². The van der Waals surface area contributed by atoms with Crippen LogP contribution in [0, 0.1) is 6.54 Å². The van der Waals surface area contributed by atoms with Gasteiger partial charge < -0.3 is 15.5 Å². The highest BCUT2D eigenvalue weighted by atomic mass is 16.6. The standard InChI is InChI=1S/C4H8N3O/c1-8-7-4-5-2-3-6-4/h2H,3H2,1H3,(H2,5,6,7). The number of nitrogens with zero attached hydrogens (tertiary/aromatic N) is 1. The maximum absolute atomic E-state index is 4.47. The average Bonchev–Trinajstić information content (AvgIpc) is 2.19. The Hall–Kier alpha value is -0.930. The van der Waals surface area contributed by atoms with E-state index in [1.807, 2.05) is 6.54 Å². The van der Waals surface area contributed by atoms with Crippen molar-refractivity contribution in [1.82, 2.24) is 10.6 Å². The van der Waals surface area contributed by atoms with Crippen LogP contribution in [0.25, 0.3) is 0 Å². The molecule has 1 aliphatic rings. The summed E-state index contributed by atoms with van der Waals surface area (Å²) in [6.07, 6.45) is 0. The molecule has 1 heterocycles. The molecular formula is C4H8N3O. The minimum absolute atomic E-state index is 0.674. The van der Waals surface area contributed by atoms with Crippen LogP contribution in [0.3, 0.4) is 0 Å². The number of guanidine groups is 1. The third-order valence-electron chi connectivity index (χ3n) is 0.793. The van der Waals surface area contributed by atoms with Gasteiger partial charge in [0.25, 0.3) is 0 Å². The molecule has 0 atom stereocenters. The van der Waals surface area contributed by atoms with Crippen molar-refractivity contribution in [2.75, 3.05) is 13.7 Å². The summed E-state index contributed by atoms with van der Waals surface area (Å²) in [5.74, 6) is 0.674. The van der Waals surface area contributed by atoms with Gasteiger partial charge in [-0.05, 0) is 5.16 Å². The molecule has 1 saturated heterocycles. The lowest BCUT2D eigenvalue weighted by Crippen LogP contribution is -2.23. The summed E-state index contributed by atoms with van der Waals surface area (Å²) in [5, 5.41) is 9.35. The van der Waals surface area contributed by atoms with Gasteiger partial charge in [0, 0.05) is 6.54 Å². The molecule has 2 N–H and O–H groups in total. The van der Waals surface area contributed by atoms with E-state index in [0.29, 0.717) is 5.96 Å². The fraction of sp³-hybridized carbons (Fsp3) is 0.500. The summed E-state index contributed by atoms with van der Waals surface area (Å²) >= 11 is 0. The third-order valence-corrected chi connectivity index (χ3v) is 0.793. The van der Waals surface area contributed by atoms with Crippen molar-refractivity contribution in [3.63, 3.8) is 0 Å². The minimum Gasteiger partial charge on any atom is -0.396 e. The molecule has 0 aromatic heterocycles. The molecule has 0 aliphatic carbocycles. The van der Waals surface area contributed by atoms with Gasteiger partial charge in [0.05, 0.1) is 6.54 Å². The average molecular weight is 114 g/mol. The Morgan fingerprint density at radius 3 is 3.25 bits per heavy atom. The van der Waals surface area contributed by atoms with Crippen molar-refractivity contribution in [2.45, 2.75) is 0 Å². The Balaban J connectivity index is 2.33. The fourth-order valence-corrected chi connectivity index (χ4v) is 0.496. The highest BCUT2D eigenvalue weighted by Crippen LogP contribution is 1.80. The van der Waals surface area contributed by atoms with E-state index in [4.69, 9.17) is 0 Å². The van der Waals surface area contributed by atoms with E-state index < -0.39 is 0 Å². The number of rotatable bonds is 1. The predicted molar refractivity (Wildman–Crippen MR) is 29.9 cm³/mol. The second-order valence-corrected chi connectivity index (χ2v) is 1.35. The molecule has 0 saturated carbocycles. The second kappa shape index (κ2) is 2.40. The monoisotopic (exact) mass is 114 g/mol. The Labute approximate surface area is 47.9 Å². The Kier molecular flexibility index (Phi) is 1.56. The molecule has 0 aromatic rings. The van der Waals surface area contributed by atoms with E-state index in [-0.39, 0.29) is 0 Å². The third kappa shape index (κ3) is 1.02. The molecule has 4 heteroatoms. The van der Waals surface area contributed by atoms with E-state index in [1.165, 1.54) is 7.11 Å². The van der Waals surface area contributed by atoms with Gasteiger partial charge in [-0.1, -0.05) is 0 Å². The first-order chi connectivity index (χ1) is 3.93. The lowest BCUT2D eigenvalue weighted by Gasteiger charge is -1.92. The molecular weight excluding hydrogens is 106 g/mol. The van der Waals surface area contributed by atoms with E-state index in [0.717, 1.165) is 6.54 Å². The van der Waals surface area contributed by atoms with Crippen LogP contribution >= 0.6 is 0 Å². The van der Waals surface area contributed by atoms with Crippen LogP contribution in [0.5, 0.6) is 0 Å². The summed E-state index contributed by atoms with van der Waals surface area (Å²) in [6.45, 7) is 2.67. The van der Waals surface area contributed by atoms with Gasteiger partial charge in [-0.15, -0.1) is 0 Å². The SMILES string of the molecule is CO/N=C1\N[CH]CN1. The highest BCUT2D eigenvalue weighted by Gasteiger charge is 2.03. The summed E-state index contributed by atoms with van der Waals surface area (Å²) in [6, 6.07) is 0. The number of nitrogens with one attached hydrogen (secondary N) is 2. The highest BCUT2D eigenvalue weighted by molar-refractivity contribution is 5.82. The zero-order valence-corrected chi connectivity index (χ0v) is 4.64. The van der Waals surface area contributed by atoms with E-state index in [2.05, 4.69) is 20.6 Å². The molecule has 1 aliphatic heterocycles.